The summed E-state index contributed by atoms with van der Waals surface area (Å²) in [6.45, 7) is 3.13. The summed E-state index contributed by atoms with van der Waals surface area (Å²) < 4.78 is 30.7. The molecule has 0 heterocycles. The molecule has 0 saturated heterocycles. The molecule has 20 heavy (non-hydrogen) atoms. The van der Waals surface area contributed by atoms with Crippen LogP contribution in [0, 0.1) is 11.6 Å². The number of halogens is 2. The number of hydrogen-bond donors (Lipinski definition) is 2. The van der Waals surface area contributed by atoms with E-state index in [1.54, 1.807) is 6.92 Å². The van der Waals surface area contributed by atoms with Gasteiger partial charge in [0.2, 0.25) is 5.91 Å². The summed E-state index contributed by atoms with van der Waals surface area (Å²) in [5.41, 5.74) is 0.226. The standard InChI is InChI=1S/C13H16F2N2O3/c1-7(10-5-4-9(14)6-11(10)15)16-8(2)12(18)17-13(19)20-3/h4-8,16H,1-3H3,(H,17,18,19)/t7-,8+/m1/s1. The SMILES string of the molecule is COC(=O)NC(=O)[C@H](C)N[C@H](C)c1ccc(F)cc1F. The third-order valence-electron chi connectivity index (χ3n) is 2.73. The monoisotopic (exact) mass is 286 g/mol. The van der Waals surface area contributed by atoms with Crippen molar-refractivity contribution >= 4 is 12.0 Å². The van der Waals surface area contributed by atoms with Crippen LogP contribution >= 0.6 is 0 Å². The van der Waals surface area contributed by atoms with Gasteiger partial charge < -0.3 is 4.74 Å². The number of rotatable bonds is 4. The van der Waals surface area contributed by atoms with E-state index in [9.17, 15) is 18.4 Å². The van der Waals surface area contributed by atoms with Crippen LogP contribution in [0.5, 0.6) is 0 Å². The van der Waals surface area contributed by atoms with Gasteiger partial charge in [0.05, 0.1) is 13.2 Å². The molecule has 2 N–H and O–H groups in total. The fourth-order valence-corrected chi connectivity index (χ4v) is 1.65. The van der Waals surface area contributed by atoms with E-state index in [1.165, 1.54) is 13.0 Å². The number of amides is 2. The second kappa shape index (κ2) is 6.95. The topological polar surface area (TPSA) is 67.4 Å². The average molecular weight is 286 g/mol. The Balaban J connectivity index is 2.67. The first kappa shape index (κ1) is 16.0. The van der Waals surface area contributed by atoms with Gasteiger partial charge in [-0.1, -0.05) is 6.07 Å². The number of nitrogens with one attached hydrogen (secondary N) is 2. The number of carbonyl (C=O) groups excluding carboxylic acids is 2. The minimum Gasteiger partial charge on any atom is -0.453 e. The Bertz CT molecular complexity index is 508. The molecule has 0 radical (unpaired) electrons. The van der Waals surface area contributed by atoms with Gasteiger partial charge in [0, 0.05) is 17.7 Å². The van der Waals surface area contributed by atoms with E-state index >= 15 is 0 Å². The van der Waals surface area contributed by atoms with E-state index in [0.717, 1.165) is 19.2 Å². The maximum absolute atomic E-state index is 13.6. The molecule has 1 aromatic rings. The molecule has 0 bridgehead atoms. The highest BCUT2D eigenvalue weighted by atomic mass is 19.1. The van der Waals surface area contributed by atoms with Crippen molar-refractivity contribution in [3.63, 3.8) is 0 Å². The van der Waals surface area contributed by atoms with Gasteiger partial charge in [-0.2, -0.15) is 0 Å². The lowest BCUT2D eigenvalue weighted by atomic mass is 10.1. The Morgan fingerprint density at radius 1 is 1.25 bits per heavy atom. The highest BCUT2D eigenvalue weighted by Crippen LogP contribution is 2.18. The first-order chi connectivity index (χ1) is 9.35. The minimum absolute atomic E-state index is 0.226. The molecule has 0 aliphatic rings. The Labute approximate surface area is 115 Å². The van der Waals surface area contributed by atoms with Gasteiger partial charge in [0.15, 0.2) is 0 Å². The highest BCUT2D eigenvalue weighted by Gasteiger charge is 2.20. The molecule has 110 valence electrons. The molecule has 1 aromatic carbocycles. The summed E-state index contributed by atoms with van der Waals surface area (Å²) in [4.78, 5) is 22.5. The average Bonchev–Trinajstić information content (AvgIpc) is 2.37. The van der Waals surface area contributed by atoms with E-state index in [-0.39, 0.29) is 5.56 Å². The number of benzene rings is 1. The number of methoxy groups -OCH3 is 1. The van der Waals surface area contributed by atoms with Crippen LogP contribution in [0.15, 0.2) is 18.2 Å². The smallest absolute Gasteiger partial charge is 0.413 e. The van der Waals surface area contributed by atoms with Crippen molar-refractivity contribution in [1.82, 2.24) is 10.6 Å². The van der Waals surface area contributed by atoms with Crippen LogP contribution in [-0.2, 0) is 9.53 Å². The second-order valence-corrected chi connectivity index (χ2v) is 4.26. The minimum atomic E-state index is -0.871. The van der Waals surface area contributed by atoms with Crippen LogP contribution in [0.4, 0.5) is 13.6 Å². The predicted octanol–water partition coefficient (Wildman–Crippen LogP) is 1.89. The van der Waals surface area contributed by atoms with E-state index < -0.39 is 35.7 Å². The van der Waals surface area contributed by atoms with Crippen molar-refractivity contribution in [2.75, 3.05) is 7.11 Å². The molecule has 0 aromatic heterocycles. The third-order valence-corrected chi connectivity index (χ3v) is 2.73. The van der Waals surface area contributed by atoms with E-state index in [4.69, 9.17) is 0 Å². The predicted molar refractivity (Wildman–Crippen MR) is 67.9 cm³/mol. The lowest BCUT2D eigenvalue weighted by Crippen LogP contribution is -2.45. The van der Waals surface area contributed by atoms with Crippen LogP contribution in [0.1, 0.15) is 25.5 Å². The first-order valence-electron chi connectivity index (χ1n) is 5.95. The Kier molecular flexibility index (Phi) is 5.57. The van der Waals surface area contributed by atoms with Gasteiger partial charge in [-0.3, -0.25) is 15.4 Å². The largest absolute Gasteiger partial charge is 0.453 e. The van der Waals surface area contributed by atoms with Gasteiger partial charge in [0.1, 0.15) is 11.6 Å². The molecular weight excluding hydrogens is 270 g/mol. The van der Waals surface area contributed by atoms with Crippen LogP contribution < -0.4 is 10.6 Å². The van der Waals surface area contributed by atoms with Crippen LogP contribution in [0.25, 0.3) is 0 Å². The summed E-state index contributed by atoms with van der Waals surface area (Å²) in [5, 5.41) is 4.80. The Morgan fingerprint density at radius 2 is 1.90 bits per heavy atom. The van der Waals surface area contributed by atoms with Crippen molar-refractivity contribution in [3.05, 3.63) is 35.4 Å². The molecular formula is C13H16F2N2O3. The Hall–Kier alpha value is -2.02. The van der Waals surface area contributed by atoms with Gasteiger partial charge in [-0.25, -0.2) is 13.6 Å². The summed E-state index contributed by atoms with van der Waals surface area (Å²) >= 11 is 0. The first-order valence-corrected chi connectivity index (χ1v) is 5.95. The fourth-order valence-electron chi connectivity index (χ4n) is 1.65. The van der Waals surface area contributed by atoms with Crippen molar-refractivity contribution < 1.29 is 23.1 Å². The number of ether oxygens (including phenoxy) is 1. The highest BCUT2D eigenvalue weighted by molar-refractivity contribution is 5.94. The summed E-state index contributed by atoms with van der Waals surface area (Å²) in [7, 11) is 1.14. The van der Waals surface area contributed by atoms with E-state index in [2.05, 4.69) is 10.1 Å². The molecule has 0 fully saturated rings. The lowest BCUT2D eigenvalue weighted by molar-refractivity contribution is -0.122. The molecule has 0 spiro atoms. The second-order valence-electron chi connectivity index (χ2n) is 4.26. The van der Waals surface area contributed by atoms with E-state index in [0.29, 0.717) is 0 Å². The number of carbonyl (C=O) groups is 2. The van der Waals surface area contributed by atoms with Crippen molar-refractivity contribution in [2.45, 2.75) is 25.9 Å². The normalized spacial score (nSPS) is 13.4. The number of imide groups is 1. The lowest BCUT2D eigenvalue weighted by Gasteiger charge is -2.19. The van der Waals surface area contributed by atoms with Crippen LogP contribution in [-0.4, -0.2) is 25.2 Å². The van der Waals surface area contributed by atoms with Crippen LogP contribution in [0.2, 0.25) is 0 Å². The van der Waals surface area contributed by atoms with Crippen molar-refractivity contribution in [1.29, 1.82) is 0 Å². The summed E-state index contributed by atoms with van der Waals surface area (Å²) in [6, 6.07) is 1.91. The van der Waals surface area contributed by atoms with Crippen LogP contribution in [0.3, 0.4) is 0 Å². The fraction of sp³-hybridized carbons (Fsp3) is 0.385. The zero-order chi connectivity index (χ0) is 15.3. The van der Waals surface area contributed by atoms with Gasteiger partial charge in [0.25, 0.3) is 0 Å². The molecule has 0 saturated carbocycles. The van der Waals surface area contributed by atoms with Gasteiger partial charge >= 0.3 is 6.09 Å². The quantitative estimate of drug-likeness (QED) is 0.887. The zero-order valence-electron chi connectivity index (χ0n) is 11.4. The molecule has 0 aliphatic heterocycles. The summed E-state index contributed by atoms with van der Waals surface area (Å²) in [6.07, 6.45) is -0.871. The number of hydrogen-bond acceptors (Lipinski definition) is 4. The third kappa shape index (κ3) is 4.27. The molecule has 0 unspecified atom stereocenters. The molecule has 1 rings (SSSR count). The molecule has 5 nitrogen and oxygen atoms in total. The zero-order valence-corrected chi connectivity index (χ0v) is 11.4. The molecule has 7 heteroatoms. The van der Waals surface area contributed by atoms with Crippen molar-refractivity contribution in [3.8, 4) is 0 Å². The van der Waals surface area contributed by atoms with Crippen molar-refractivity contribution in [2.24, 2.45) is 0 Å². The van der Waals surface area contributed by atoms with Gasteiger partial charge in [-0.15, -0.1) is 0 Å². The maximum Gasteiger partial charge on any atom is 0.413 e. The molecule has 2 atom stereocenters. The van der Waals surface area contributed by atoms with E-state index in [1.807, 2.05) is 5.32 Å². The maximum atomic E-state index is 13.6. The summed E-state index contributed by atoms with van der Waals surface area (Å²) in [5.74, 6) is -1.98. The molecule has 0 aliphatic carbocycles. The molecule has 2 amide bonds. The Morgan fingerprint density at radius 3 is 2.45 bits per heavy atom. The van der Waals surface area contributed by atoms with Gasteiger partial charge in [-0.05, 0) is 19.9 Å². The number of alkyl carbamates (subject to hydrolysis) is 1.